The Bertz CT molecular complexity index is 5200. The maximum Gasteiger partial charge on any atom is 2.00 e. The molecule has 0 spiro atoms. The maximum atomic E-state index is 13.0. The molecule has 20 rings (SSSR count). The van der Waals surface area contributed by atoms with Crippen LogP contribution in [0.2, 0.25) is 0 Å². The normalized spacial score (nSPS) is 14.1. The van der Waals surface area contributed by atoms with E-state index in [1.54, 1.807) is 49.6 Å². The van der Waals surface area contributed by atoms with Crippen LogP contribution in [0, 0.1) is 0 Å². The first-order valence-electron chi connectivity index (χ1n) is 41.7. The zero-order chi connectivity index (χ0) is 88.3. The SMILES string of the molecule is CC(=O)[O-].CC(=O)[O-].CC(=O)[O-].CC(=O)[O-].CO.CO.[O-]c1c(C=Nc2cccc3cccnc23)cc2c3c1CCCN3CCC2.[O-]c1c(C=Nc2cccc3cccnc23)cc2c3c1CCCN3CCC2.[O-]c1c(C=Nc2cccc3cccnc23)cc2c3c1CCCN3CCC2.[O-]c1c(C=Nc2cccc3cccnc23)cc2c3c1CCCN3CCC2.[Zn+2].[Zn+2].[Zn+2].[Zn+2]. The summed E-state index contributed by atoms with van der Waals surface area (Å²) >= 11 is 0. The number of hydrogen-bond donors (Lipinski definition) is 2. The Morgan fingerprint density at radius 1 is 0.297 bits per heavy atom. The van der Waals surface area contributed by atoms with E-state index in [4.69, 9.17) is 49.8 Å². The quantitative estimate of drug-likeness (QED) is 0.106. The number of para-hydroxylation sites is 4. The van der Waals surface area contributed by atoms with Crippen molar-refractivity contribution in [3.05, 3.63) is 237 Å². The summed E-state index contributed by atoms with van der Waals surface area (Å²) in [4.78, 5) is 81.4. The van der Waals surface area contributed by atoms with Crippen LogP contribution >= 0.6 is 0 Å². The number of benzene rings is 8. The van der Waals surface area contributed by atoms with Gasteiger partial charge < -0.3 is 89.8 Å². The van der Waals surface area contributed by atoms with E-state index in [1.807, 2.05) is 121 Å². The molecular formula is C98H100N12O14Zn4. The molecule has 0 radical (unpaired) electrons. The average molecular weight is 1930 g/mol. The second kappa shape index (κ2) is 51.1. The van der Waals surface area contributed by atoms with Gasteiger partial charge in [-0.1, -0.05) is 95.8 Å². The van der Waals surface area contributed by atoms with Crippen LogP contribution in [0.15, 0.2) is 190 Å². The fourth-order valence-electron chi connectivity index (χ4n) is 17.1. The van der Waals surface area contributed by atoms with Crippen LogP contribution in [0.1, 0.15) is 146 Å². The summed E-state index contributed by atoms with van der Waals surface area (Å²) in [5.41, 5.74) is 23.6. The summed E-state index contributed by atoms with van der Waals surface area (Å²) in [6, 6.07) is 47.8. The van der Waals surface area contributed by atoms with Crippen LogP contribution in [0.5, 0.6) is 23.0 Å². The first kappa shape index (κ1) is 104. The number of pyridine rings is 4. The third-order valence-electron chi connectivity index (χ3n) is 21.8. The fourth-order valence-corrected chi connectivity index (χ4v) is 17.1. The summed E-state index contributed by atoms with van der Waals surface area (Å²) in [6.45, 7) is 12.5. The fraction of sp³-hybridized carbons (Fsp3) is 0.306. The van der Waals surface area contributed by atoms with E-state index < -0.39 is 23.9 Å². The Morgan fingerprint density at radius 3 is 0.656 bits per heavy atom. The van der Waals surface area contributed by atoms with Gasteiger partial charge in [0.05, 0.1) is 44.8 Å². The predicted molar refractivity (Wildman–Crippen MR) is 474 cm³/mol. The molecule has 644 valence electrons. The van der Waals surface area contributed by atoms with Crippen molar-refractivity contribution in [1.29, 1.82) is 0 Å². The third-order valence-corrected chi connectivity index (χ3v) is 21.8. The molecule has 30 heteroatoms. The van der Waals surface area contributed by atoms with E-state index in [0.717, 1.165) is 286 Å². The van der Waals surface area contributed by atoms with Gasteiger partial charge in [-0.25, -0.2) is 0 Å². The number of nitrogens with zero attached hydrogens (tertiary/aromatic N) is 12. The summed E-state index contributed by atoms with van der Waals surface area (Å²) in [6.07, 6.45) is 30.7. The number of rotatable bonds is 8. The van der Waals surface area contributed by atoms with Crippen LogP contribution < -0.4 is 60.5 Å². The summed E-state index contributed by atoms with van der Waals surface area (Å²) in [5, 5.41) is 106. The standard InChI is InChI=1S/4C22H21N3O.4C2H4O2.2CH4O.4Zn/c4*26-22-17(13-16-7-3-11-25-12-4-8-18(22)21(16)25)14-24-19-9-1-5-15-6-2-10-23-20(15)19;4*1-2(3)4;2*1-2;;;;/h4*1-2,5-6,9-10,13-14,26H,3-4,7-8,11-12H2;4*1H3,(H,3,4);2*2H,1H3;;;;/q;;;;;;;;;;4*+2/p-8. The first-order chi connectivity index (χ1) is 60.2. The van der Waals surface area contributed by atoms with E-state index in [0.29, 0.717) is 22.3 Å². The molecule has 0 fully saturated rings. The van der Waals surface area contributed by atoms with Crippen LogP contribution in [0.4, 0.5) is 45.5 Å². The zero-order valence-electron chi connectivity index (χ0n) is 73.4. The number of carbonyl (C=O) groups excluding carboxylic acids is 4. The molecular weight excluding hydrogens is 1830 g/mol. The monoisotopic (exact) mass is 1920 g/mol. The number of aliphatic imine (C=N–C) groups is 4. The van der Waals surface area contributed by atoms with E-state index in [9.17, 15) is 20.4 Å². The molecule has 8 aromatic carbocycles. The van der Waals surface area contributed by atoms with Gasteiger partial charge in [0.25, 0.3) is 0 Å². The van der Waals surface area contributed by atoms with Crippen molar-refractivity contribution in [3.63, 3.8) is 0 Å². The zero-order valence-corrected chi connectivity index (χ0v) is 85.3. The number of carboxylic acids is 4. The Labute approximate surface area is 796 Å². The molecule has 8 aliphatic rings. The third kappa shape index (κ3) is 26.5. The maximum absolute atomic E-state index is 13.0. The van der Waals surface area contributed by atoms with Crippen molar-refractivity contribution in [2.75, 3.05) is 86.2 Å². The topological polar surface area (TPSA) is 407 Å². The van der Waals surface area contributed by atoms with Gasteiger partial charge in [0.1, 0.15) is 0 Å². The van der Waals surface area contributed by atoms with Gasteiger partial charge in [-0.05, 0) is 270 Å². The smallest absolute Gasteiger partial charge is 0.872 e. The van der Waals surface area contributed by atoms with Crippen molar-refractivity contribution >= 4 is 138 Å². The number of anilines is 4. The van der Waals surface area contributed by atoms with Crippen molar-refractivity contribution in [2.24, 2.45) is 20.0 Å². The average Bonchev–Trinajstić information content (AvgIpc) is 0.773. The van der Waals surface area contributed by atoms with Gasteiger partial charge >= 0.3 is 77.9 Å². The molecule has 0 saturated heterocycles. The van der Waals surface area contributed by atoms with Crippen LogP contribution in [-0.2, 0) is 148 Å². The van der Waals surface area contributed by atoms with Crippen LogP contribution in [0.3, 0.4) is 0 Å². The van der Waals surface area contributed by atoms with Gasteiger partial charge in [0.2, 0.25) is 0 Å². The van der Waals surface area contributed by atoms with Crippen molar-refractivity contribution in [2.45, 2.75) is 130 Å². The molecule has 0 unspecified atom stereocenters. The van der Waals surface area contributed by atoms with E-state index in [2.05, 4.69) is 83.8 Å². The molecule has 4 aromatic heterocycles. The second-order valence-corrected chi connectivity index (χ2v) is 30.3. The minimum atomic E-state index is -1.08. The van der Waals surface area contributed by atoms with E-state index in [-0.39, 0.29) is 101 Å². The Hall–Kier alpha value is -11.2. The first-order valence-corrected chi connectivity index (χ1v) is 41.7. The number of aryl methyl sites for hydroxylation is 4. The molecule has 26 nitrogen and oxygen atoms in total. The van der Waals surface area contributed by atoms with Crippen molar-refractivity contribution in [1.82, 2.24) is 19.9 Å². The summed E-state index contributed by atoms with van der Waals surface area (Å²) in [5.74, 6) is -3.75. The summed E-state index contributed by atoms with van der Waals surface area (Å²) in [7, 11) is 2.00. The van der Waals surface area contributed by atoms with Gasteiger partial charge in [-0.3, -0.25) is 39.9 Å². The van der Waals surface area contributed by atoms with E-state index in [1.165, 1.54) is 45.0 Å². The number of carboxylic acid groups (broad SMARTS) is 4. The summed E-state index contributed by atoms with van der Waals surface area (Å²) < 4.78 is 0. The molecule has 0 saturated carbocycles. The van der Waals surface area contributed by atoms with Gasteiger partial charge in [-0.2, -0.15) is 0 Å². The molecule has 128 heavy (non-hydrogen) atoms. The minimum absolute atomic E-state index is 0. The molecule has 0 atom stereocenters. The van der Waals surface area contributed by atoms with Crippen molar-refractivity contribution < 1.29 is 148 Å². The Balaban J connectivity index is 0.000000216. The second-order valence-electron chi connectivity index (χ2n) is 30.3. The number of carbonyl (C=O) groups is 4. The Morgan fingerprint density at radius 2 is 0.469 bits per heavy atom. The van der Waals surface area contributed by atoms with Crippen LogP contribution in [-0.4, -0.2) is 145 Å². The van der Waals surface area contributed by atoms with E-state index >= 15 is 0 Å². The molecule has 12 heterocycles. The number of fused-ring (bicyclic) bond motifs is 4. The molecule has 12 aromatic rings. The number of aliphatic hydroxyl groups is 2. The molecule has 0 aliphatic carbocycles. The predicted octanol–water partition coefficient (Wildman–Crippen LogP) is 9.26. The number of aliphatic carboxylic acids is 4. The molecule has 0 bridgehead atoms. The number of aromatic nitrogens is 4. The number of aliphatic hydroxyl groups excluding tert-OH is 2. The van der Waals surface area contributed by atoms with Crippen molar-refractivity contribution in [3.8, 4) is 23.0 Å². The van der Waals surface area contributed by atoms with Gasteiger partial charge in [0, 0.05) is 184 Å². The molecule has 0 amide bonds. The van der Waals surface area contributed by atoms with Gasteiger partial charge in [0.15, 0.2) is 0 Å². The van der Waals surface area contributed by atoms with Crippen LogP contribution in [0.25, 0.3) is 43.6 Å². The minimum Gasteiger partial charge on any atom is -0.872 e. The number of hydrogen-bond acceptors (Lipinski definition) is 26. The largest absolute Gasteiger partial charge is 2.00 e. The Kier molecular flexibility index (Phi) is 41.4. The molecule has 2 N–H and O–H groups in total. The molecule has 8 aliphatic heterocycles. The van der Waals surface area contributed by atoms with Gasteiger partial charge in [-0.15, -0.1) is 0 Å².